The Morgan fingerprint density at radius 2 is 1.67 bits per heavy atom. The van der Waals surface area contributed by atoms with Gasteiger partial charge in [0.05, 0.1) is 24.0 Å². The molecule has 36 heavy (non-hydrogen) atoms. The van der Waals surface area contributed by atoms with Crippen LogP contribution >= 0.6 is 11.8 Å². The van der Waals surface area contributed by atoms with Crippen molar-refractivity contribution in [1.82, 2.24) is 25.1 Å². The summed E-state index contributed by atoms with van der Waals surface area (Å²) < 4.78 is 1.90. The van der Waals surface area contributed by atoms with E-state index in [0.29, 0.717) is 13.1 Å². The molecule has 2 aromatic heterocycles. The normalized spacial score (nSPS) is 13.6. The molecule has 0 atom stereocenters. The number of aromatic nitrogens is 4. The average molecular weight is 501 g/mol. The van der Waals surface area contributed by atoms with Gasteiger partial charge in [0, 0.05) is 25.4 Å². The second-order valence-electron chi connectivity index (χ2n) is 9.02. The van der Waals surface area contributed by atoms with Crippen LogP contribution in [0.4, 0.5) is 5.82 Å². The number of fused-ring (bicyclic) bond motifs is 1. The van der Waals surface area contributed by atoms with Crippen molar-refractivity contribution in [2.45, 2.75) is 43.8 Å². The lowest BCUT2D eigenvalue weighted by atomic mass is 9.90. The van der Waals surface area contributed by atoms with E-state index in [-0.39, 0.29) is 11.8 Å². The molecule has 4 aromatic rings. The Labute approximate surface area is 216 Å². The summed E-state index contributed by atoms with van der Waals surface area (Å²) in [5.74, 6) is 1.59. The minimum absolute atomic E-state index is 0.0181. The number of nitrogens with one attached hydrogen (secondary N) is 1. The van der Waals surface area contributed by atoms with E-state index in [0.717, 1.165) is 58.4 Å². The first-order chi connectivity index (χ1) is 17.7. The fraction of sp³-hybridized carbons (Fsp3) is 0.357. The van der Waals surface area contributed by atoms with Crippen LogP contribution in [-0.2, 0) is 11.3 Å². The fourth-order valence-corrected chi connectivity index (χ4v) is 5.37. The molecule has 1 N–H and O–H groups in total. The van der Waals surface area contributed by atoms with E-state index < -0.39 is 0 Å². The SMILES string of the molecule is CCCSc1nc(N2CCCC2)c2cnn(CCNC(=O)C(c3ccccc3)c3ccccc3)c2n1. The van der Waals surface area contributed by atoms with Gasteiger partial charge >= 0.3 is 0 Å². The van der Waals surface area contributed by atoms with Crippen LogP contribution in [0.15, 0.2) is 72.0 Å². The summed E-state index contributed by atoms with van der Waals surface area (Å²) in [6.07, 6.45) is 5.32. The molecule has 0 bridgehead atoms. The van der Waals surface area contributed by atoms with Gasteiger partial charge in [-0.15, -0.1) is 0 Å². The van der Waals surface area contributed by atoms with Crippen LogP contribution in [-0.4, -0.2) is 51.0 Å². The van der Waals surface area contributed by atoms with Crippen molar-refractivity contribution in [3.05, 3.63) is 78.0 Å². The van der Waals surface area contributed by atoms with Crippen LogP contribution < -0.4 is 10.2 Å². The van der Waals surface area contributed by atoms with Crippen LogP contribution in [0, 0.1) is 0 Å². The molecule has 0 unspecified atom stereocenters. The average Bonchev–Trinajstić information content (AvgIpc) is 3.59. The van der Waals surface area contributed by atoms with Gasteiger partial charge in [-0.1, -0.05) is 79.3 Å². The van der Waals surface area contributed by atoms with Crippen LogP contribution in [0.2, 0.25) is 0 Å². The van der Waals surface area contributed by atoms with Crippen LogP contribution in [0.25, 0.3) is 11.0 Å². The molecule has 0 saturated carbocycles. The van der Waals surface area contributed by atoms with Gasteiger partial charge in [0.25, 0.3) is 0 Å². The van der Waals surface area contributed by atoms with E-state index in [9.17, 15) is 4.79 Å². The molecule has 3 heterocycles. The van der Waals surface area contributed by atoms with Crippen LogP contribution in [0.3, 0.4) is 0 Å². The number of hydrogen-bond acceptors (Lipinski definition) is 6. The lowest BCUT2D eigenvalue weighted by molar-refractivity contribution is -0.121. The molecule has 7 nitrogen and oxygen atoms in total. The van der Waals surface area contributed by atoms with Crippen molar-refractivity contribution in [3.63, 3.8) is 0 Å². The van der Waals surface area contributed by atoms with Gasteiger partial charge in [0.15, 0.2) is 10.8 Å². The highest BCUT2D eigenvalue weighted by atomic mass is 32.2. The zero-order valence-electron chi connectivity index (χ0n) is 20.6. The summed E-state index contributed by atoms with van der Waals surface area (Å²) in [7, 11) is 0. The monoisotopic (exact) mass is 500 g/mol. The maximum absolute atomic E-state index is 13.4. The van der Waals surface area contributed by atoms with E-state index in [1.165, 1.54) is 12.8 Å². The molecular formula is C28H32N6OS. The van der Waals surface area contributed by atoms with Crippen molar-refractivity contribution >= 4 is 34.5 Å². The quantitative estimate of drug-likeness (QED) is 0.247. The van der Waals surface area contributed by atoms with Crippen molar-refractivity contribution in [3.8, 4) is 0 Å². The van der Waals surface area contributed by atoms with E-state index in [4.69, 9.17) is 9.97 Å². The molecule has 0 spiro atoms. The Morgan fingerprint density at radius 1 is 1.00 bits per heavy atom. The third kappa shape index (κ3) is 5.38. The number of amides is 1. The predicted molar refractivity (Wildman–Crippen MR) is 146 cm³/mol. The number of benzene rings is 2. The number of nitrogens with zero attached hydrogens (tertiary/aromatic N) is 5. The molecule has 186 valence electrons. The Morgan fingerprint density at radius 3 is 2.31 bits per heavy atom. The number of carbonyl (C=O) groups excluding carboxylic acids is 1. The van der Waals surface area contributed by atoms with Crippen molar-refractivity contribution in [1.29, 1.82) is 0 Å². The molecule has 1 amide bonds. The highest BCUT2D eigenvalue weighted by molar-refractivity contribution is 7.99. The predicted octanol–water partition coefficient (Wildman–Crippen LogP) is 4.88. The van der Waals surface area contributed by atoms with E-state index >= 15 is 0 Å². The van der Waals surface area contributed by atoms with Crippen molar-refractivity contribution in [2.75, 3.05) is 30.3 Å². The maximum Gasteiger partial charge on any atom is 0.232 e. The molecular weight excluding hydrogens is 468 g/mol. The zero-order valence-corrected chi connectivity index (χ0v) is 21.5. The first kappa shape index (κ1) is 24.3. The summed E-state index contributed by atoms with van der Waals surface area (Å²) in [5, 5.41) is 9.55. The van der Waals surface area contributed by atoms with Gasteiger partial charge in [-0.25, -0.2) is 14.6 Å². The van der Waals surface area contributed by atoms with Gasteiger partial charge in [-0.05, 0) is 30.4 Å². The molecule has 1 fully saturated rings. The molecule has 1 aliphatic rings. The molecule has 1 aliphatic heterocycles. The number of thioether (sulfide) groups is 1. The molecule has 0 aliphatic carbocycles. The highest BCUT2D eigenvalue weighted by Gasteiger charge is 2.23. The first-order valence-electron chi connectivity index (χ1n) is 12.7. The first-order valence-corrected chi connectivity index (χ1v) is 13.7. The van der Waals surface area contributed by atoms with Crippen molar-refractivity contribution in [2.24, 2.45) is 0 Å². The number of hydrogen-bond donors (Lipinski definition) is 1. The molecule has 2 aromatic carbocycles. The summed E-state index contributed by atoms with van der Waals surface area (Å²) in [5.41, 5.74) is 2.79. The summed E-state index contributed by atoms with van der Waals surface area (Å²) >= 11 is 1.69. The Bertz CT molecular complexity index is 1250. The Kier molecular flexibility index (Phi) is 7.81. The minimum Gasteiger partial charge on any atom is -0.356 e. The van der Waals surface area contributed by atoms with Gasteiger partial charge in [0.2, 0.25) is 5.91 Å². The Hall–Kier alpha value is -3.39. The topological polar surface area (TPSA) is 75.9 Å². The summed E-state index contributed by atoms with van der Waals surface area (Å²) in [4.78, 5) is 25.4. The zero-order chi connectivity index (χ0) is 24.7. The van der Waals surface area contributed by atoms with Crippen molar-refractivity contribution < 1.29 is 4.79 Å². The Balaban J connectivity index is 1.34. The summed E-state index contributed by atoms with van der Waals surface area (Å²) in [6.45, 7) is 5.21. The fourth-order valence-electron chi connectivity index (χ4n) is 4.69. The molecule has 0 radical (unpaired) electrons. The van der Waals surface area contributed by atoms with Gasteiger partial charge < -0.3 is 10.2 Å². The third-order valence-electron chi connectivity index (χ3n) is 6.45. The second-order valence-corrected chi connectivity index (χ2v) is 10.1. The standard InChI is InChI=1S/C28H32N6OS/c1-2-19-36-28-31-25(33-16-9-10-17-33)23-20-30-34(26(23)32-28)18-15-29-27(35)24(21-11-5-3-6-12-21)22-13-7-4-8-14-22/h3-8,11-14,20,24H,2,9-10,15-19H2,1H3,(H,29,35). The minimum atomic E-state index is -0.358. The molecule has 1 saturated heterocycles. The molecule has 8 heteroatoms. The smallest absolute Gasteiger partial charge is 0.232 e. The maximum atomic E-state index is 13.4. The van der Waals surface area contributed by atoms with Gasteiger partial charge in [-0.2, -0.15) is 5.10 Å². The summed E-state index contributed by atoms with van der Waals surface area (Å²) in [6, 6.07) is 19.8. The number of anilines is 1. The lowest BCUT2D eigenvalue weighted by Crippen LogP contribution is -2.32. The highest BCUT2D eigenvalue weighted by Crippen LogP contribution is 2.30. The third-order valence-corrected chi connectivity index (χ3v) is 7.50. The number of rotatable bonds is 10. The van der Waals surface area contributed by atoms with Crippen LogP contribution in [0.1, 0.15) is 43.2 Å². The van der Waals surface area contributed by atoms with E-state index in [1.54, 1.807) is 11.8 Å². The number of carbonyl (C=O) groups is 1. The second kappa shape index (κ2) is 11.6. The largest absolute Gasteiger partial charge is 0.356 e. The van der Waals surface area contributed by atoms with E-state index in [2.05, 4.69) is 22.2 Å². The van der Waals surface area contributed by atoms with Crippen LogP contribution in [0.5, 0.6) is 0 Å². The molecule has 5 rings (SSSR count). The van der Waals surface area contributed by atoms with E-state index in [1.807, 2.05) is 71.5 Å². The van der Waals surface area contributed by atoms with Gasteiger partial charge in [-0.3, -0.25) is 4.79 Å². The van der Waals surface area contributed by atoms with Gasteiger partial charge in [0.1, 0.15) is 5.82 Å². The lowest BCUT2D eigenvalue weighted by Gasteiger charge is -2.18.